The first-order chi connectivity index (χ1) is 16.4. The number of H-pyrrole nitrogens is 1. The molecule has 1 amide bonds. The summed E-state index contributed by atoms with van der Waals surface area (Å²) in [4.78, 5) is 35.3. The third kappa shape index (κ3) is 4.16. The molecule has 3 aromatic rings. The molecule has 178 valence electrons. The number of aromatic amines is 1. The molecule has 0 unspecified atom stereocenters. The van der Waals surface area contributed by atoms with E-state index in [9.17, 15) is 18.4 Å². The van der Waals surface area contributed by atoms with E-state index >= 15 is 0 Å². The van der Waals surface area contributed by atoms with Gasteiger partial charge in [0.1, 0.15) is 11.5 Å². The number of piperazine rings is 1. The van der Waals surface area contributed by atoms with Crippen LogP contribution in [0.3, 0.4) is 0 Å². The zero-order valence-corrected chi connectivity index (χ0v) is 19.0. The Morgan fingerprint density at radius 3 is 2.65 bits per heavy atom. The third-order valence-electron chi connectivity index (χ3n) is 7.15. The molecule has 2 aromatic heterocycles. The minimum absolute atomic E-state index is 0.0638. The van der Waals surface area contributed by atoms with Gasteiger partial charge in [0.25, 0.3) is 11.5 Å². The molecule has 1 aliphatic heterocycles. The van der Waals surface area contributed by atoms with Gasteiger partial charge in [-0.2, -0.15) is 4.39 Å². The molecule has 2 fully saturated rings. The molecule has 1 aromatic carbocycles. The molecule has 34 heavy (non-hydrogen) atoms. The highest BCUT2D eigenvalue weighted by Gasteiger charge is 2.33. The fraction of sp³-hybridized carbons (Fsp3) is 0.400. The van der Waals surface area contributed by atoms with Crippen molar-refractivity contribution in [1.82, 2.24) is 20.2 Å². The van der Waals surface area contributed by atoms with Crippen LogP contribution >= 0.6 is 0 Å². The van der Waals surface area contributed by atoms with Gasteiger partial charge in [0.2, 0.25) is 5.95 Å². The van der Waals surface area contributed by atoms with Crippen LogP contribution in [0.25, 0.3) is 10.8 Å². The summed E-state index contributed by atoms with van der Waals surface area (Å²) in [6.07, 6.45) is 2.90. The van der Waals surface area contributed by atoms with Gasteiger partial charge in [0.05, 0.1) is 11.1 Å². The topological polar surface area (TPSA) is 81.3 Å². The second-order valence-electron chi connectivity index (χ2n) is 9.03. The molecule has 2 N–H and O–H groups in total. The molecule has 1 saturated carbocycles. The van der Waals surface area contributed by atoms with Crippen molar-refractivity contribution < 1.29 is 13.6 Å². The molecular formula is C25H27F2N5O2. The largest absolute Gasteiger partial charge is 0.365 e. The minimum atomic E-state index is -0.632. The van der Waals surface area contributed by atoms with Crippen LogP contribution in [0.2, 0.25) is 0 Å². The van der Waals surface area contributed by atoms with Crippen LogP contribution in [0, 0.1) is 11.8 Å². The summed E-state index contributed by atoms with van der Waals surface area (Å²) in [5.74, 6) is -1.32. The van der Waals surface area contributed by atoms with Crippen molar-refractivity contribution in [1.29, 1.82) is 0 Å². The van der Waals surface area contributed by atoms with E-state index in [-0.39, 0.29) is 22.6 Å². The van der Waals surface area contributed by atoms with Crippen molar-refractivity contribution in [3.8, 4) is 0 Å². The van der Waals surface area contributed by atoms with Gasteiger partial charge in [-0.15, -0.1) is 0 Å². The van der Waals surface area contributed by atoms with Crippen molar-refractivity contribution in [3.05, 3.63) is 69.9 Å². The number of carbonyl (C=O) groups excluding carboxylic acids is 1. The summed E-state index contributed by atoms with van der Waals surface area (Å²) < 4.78 is 28.6. The van der Waals surface area contributed by atoms with Crippen LogP contribution in [-0.4, -0.2) is 60.0 Å². The van der Waals surface area contributed by atoms with Gasteiger partial charge in [0.15, 0.2) is 0 Å². The van der Waals surface area contributed by atoms with E-state index in [0.717, 1.165) is 38.0 Å². The summed E-state index contributed by atoms with van der Waals surface area (Å²) in [6.45, 7) is 2.94. The van der Waals surface area contributed by atoms with Crippen LogP contribution < -0.4 is 15.8 Å². The standard InChI is InChI=1S/C25H27F2N5O2/c1-28-24(33)19-7-8-21(23(27)29-19)32-11-9-31(10-12-32)17-6-5-15(13-17)20-14-16-3-2-4-18(26)22(16)25(34)30-20/h2-4,7-8,14-15,17H,5-6,9-13H2,1H3,(H,28,33)(H,30,34)/t15-,17+/m1/s1. The second-order valence-corrected chi connectivity index (χ2v) is 9.03. The van der Waals surface area contributed by atoms with Gasteiger partial charge in [-0.1, -0.05) is 12.1 Å². The van der Waals surface area contributed by atoms with Crippen molar-refractivity contribution in [2.45, 2.75) is 31.2 Å². The van der Waals surface area contributed by atoms with Crippen molar-refractivity contribution in [2.24, 2.45) is 0 Å². The van der Waals surface area contributed by atoms with Gasteiger partial charge in [-0.05, 0) is 48.9 Å². The maximum absolute atomic E-state index is 14.5. The third-order valence-corrected chi connectivity index (χ3v) is 7.15. The Labute approximate surface area is 195 Å². The fourth-order valence-corrected chi connectivity index (χ4v) is 5.33. The highest BCUT2D eigenvalue weighted by atomic mass is 19.1. The molecular weight excluding hydrogens is 440 g/mol. The molecule has 1 aliphatic carbocycles. The first kappa shape index (κ1) is 22.5. The Morgan fingerprint density at radius 2 is 1.91 bits per heavy atom. The number of nitrogens with zero attached hydrogens (tertiary/aromatic N) is 3. The number of rotatable bonds is 4. The lowest BCUT2D eigenvalue weighted by atomic mass is 10.00. The average Bonchev–Trinajstić information content (AvgIpc) is 3.34. The molecule has 0 radical (unpaired) electrons. The Kier molecular flexibility index (Phi) is 6.03. The van der Waals surface area contributed by atoms with Crippen molar-refractivity contribution in [2.75, 3.05) is 38.1 Å². The number of hydrogen-bond acceptors (Lipinski definition) is 5. The van der Waals surface area contributed by atoms with Gasteiger partial charge in [0, 0.05) is 50.9 Å². The molecule has 0 bridgehead atoms. The Morgan fingerprint density at radius 1 is 1.12 bits per heavy atom. The number of fused-ring (bicyclic) bond motifs is 1. The number of aromatic nitrogens is 2. The molecule has 2 atom stereocenters. The molecule has 7 nitrogen and oxygen atoms in total. The normalized spacial score (nSPS) is 21.2. The molecule has 5 rings (SSSR count). The number of carbonyl (C=O) groups is 1. The number of hydrogen-bond donors (Lipinski definition) is 2. The number of pyridine rings is 2. The van der Waals surface area contributed by atoms with E-state index in [1.165, 1.54) is 13.1 Å². The van der Waals surface area contributed by atoms with E-state index in [4.69, 9.17) is 0 Å². The average molecular weight is 468 g/mol. The fourth-order valence-electron chi connectivity index (χ4n) is 5.33. The lowest BCUT2D eigenvalue weighted by molar-refractivity contribution is 0.0957. The maximum Gasteiger partial charge on any atom is 0.269 e. The summed E-state index contributed by atoms with van der Waals surface area (Å²) in [6, 6.07) is 10.2. The smallest absolute Gasteiger partial charge is 0.269 e. The van der Waals surface area contributed by atoms with E-state index in [1.54, 1.807) is 24.3 Å². The van der Waals surface area contributed by atoms with Gasteiger partial charge in [-0.25, -0.2) is 9.37 Å². The Balaban J connectivity index is 1.23. The highest BCUT2D eigenvalue weighted by Crippen LogP contribution is 2.37. The molecule has 9 heteroatoms. The van der Waals surface area contributed by atoms with E-state index in [1.807, 2.05) is 11.0 Å². The Bertz CT molecular complexity index is 1290. The predicted molar refractivity (Wildman–Crippen MR) is 126 cm³/mol. The SMILES string of the molecule is CNC(=O)c1ccc(N2CCN([C@H]3CC[C@@H](c4cc5cccc(F)c5c(=O)[nH]4)C3)CC2)c(F)n1. The first-order valence-corrected chi connectivity index (χ1v) is 11.6. The van der Waals surface area contributed by atoms with Crippen LogP contribution in [-0.2, 0) is 0 Å². The predicted octanol–water partition coefficient (Wildman–Crippen LogP) is 3.02. The minimum Gasteiger partial charge on any atom is -0.365 e. The number of benzene rings is 1. The van der Waals surface area contributed by atoms with Crippen molar-refractivity contribution >= 4 is 22.4 Å². The van der Waals surface area contributed by atoms with Gasteiger partial charge in [-0.3, -0.25) is 14.5 Å². The van der Waals surface area contributed by atoms with Crippen LogP contribution in [0.1, 0.15) is 41.4 Å². The zero-order valence-electron chi connectivity index (χ0n) is 19.0. The van der Waals surface area contributed by atoms with Crippen LogP contribution in [0.5, 0.6) is 0 Å². The molecule has 0 spiro atoms. The number of nitrogens with one attached hydrogen (secondary N) is 2. The van der Waals surface area contributed by atoms with E-state index < -0.39 is 17.7 Å². The summed E-state index contributed by atoms with van der Waals surface area (Å²) >= 11 is 0. The first-order valence-electron chi connectivity index (χ1n) is 11.6. The van der Waals surface area contributed by atoms with Crippen molar-refractivity contribution in [3.63, 3.8) is 0 Å². The van der Waals surface area contributed by atoms with E-state index in [0.29, 0.717) is 30.2 Å². The van der Waals surface area contributed by atoms with Gasteiger partial charge >= 0.3 is 0 Å². The van der Waals surface area contributed by atoms with Crippen LogP contribution in [0.15, 0.2) is 41.2 Å². The number of anilines is 1. The molecule has 3 heterocycles. The van der Waals surface area contributed by atoms with Gasteiger partial charge < -0.3 is 15.2 Å². The summed E-state index contributed by atoms with van der Waals surface area (Å²) in [5, 5.41) is 3.20. The molecule has 1 saturated heterocycles. The highest BCUT2D eigenvalue weighted by molar-refractivity contribution is 5.92. The summed E-state index contributed by atoms with van der Waals surface area (Å²) in [5.41, 5.74) is 0.973. The number of halogens is 2. The quantitative estimate of drug-likeness (QED) is 0.577. The second kappa shape index (κ2) is 9.13. The lowest BCUT2D eigenvalue weighted by Gasteiger charge is -2.39. The monoisotopic (exact) mass is 467 g/mol. The molecule has 2 aliphatic rings. The lowest BCUT2D eigenvalue weighted by Crippen LogP contribution is -2.50. The van der Waals surface area contributed by atoms with Crippen LogP contribution in [0.4, 0.5) is 14.5 Å². The van der Waals surface area contributed by atoms with E-state index in [2.05, 4.69) is 20.2 Å². The Hall–Kier alpha value is -3.33. The number of amides is 1. The zero-order chi connectivity index (χ0) is 23.8. The maximum atomic E-state index is 14.5. The summed E-state index contributed by atoms with van der Waals surface area (Å²) in [7, 11) is 1.49.